The number of hydrogen-bond acceptors (Lipinski definition) is 7. The van der Waals surface area contributed by atoms with Crippen molar-refractivity contribution in [3.05, 3.63) is 48.0 Å². The van der Waals surface area contributed by atoms with E-state index in [2.05, 4.69) is 10.3 Å². The zero-order valence-corrected chi connectivity index (χ0v) is 17.2. The van der Waals surface area contributed by atoms with Gasteiger partial charge >= 0.3 is 5.97 Å². The molecule has 28 heavy (non-hydrogen) atoms. The van der Waals surface area contributed by atoms with Gasteiger partial charge in [0.25, 0.3) is 0 Å². The first kappa shape index (κ1) is 20.2. The maximum Gasteiger partial charge on any atom is 0.338 e. The molecule has 1 amide bonds. The summed E-state index contributed by atoms with van der Waals surface area (Å²) < 4.78 is 12.3. The lowest BCUT2D eigenvalue weighted by Crippen LogP contribution is -2.14. The van der Waals surface area contributed by atoms with Crippen LogP contribution in [0.15, 0.2) is 46.8 Å². The highest BCUT2D eigenvalue weighted by molar-refractivity contribution is 8.01. The molecule has 1 aromatic heterocycles. The molecule has 1 N–H and O–H groups in total. The normalized spacial score (nSPS) is 10.6. The van der Waals surface area contributed by atoms with Crippen molar-refractivity contribution in [3.63, 3.8) is 0 Å². The Hall–Kier alpha value is -2.58. The van der Waals surface area contributed by atoms with Crippen molar-refractivity contribution in [2.24, 2.45) is 0 Å². The van der Waals surface area contributed by atoms with Gasteiger partial charge in [-0.1, -0.05) is 11.8 Å². The van der Waals surface area contributed by atoms with Crippen molar-refractivity contribution in [1.82, 2.24) is 4.98 Å². The summed E-state index contributed by atoms with van der Waals surface area (Å²) in [7, 11) is 0. The van der Waals surface area contributed by atoms with Crippen molar-refractivity contribution in [2.45, 2.75) is 18.2 Å². The largest absolute Gasteiger partial charge is 0.494 e. The monoisotopic (exact) mass is 416 g/mol. The summed E-state index contributed by atoms with van der Waals surface area (Å²) in [6.45, 7) is 4.65. The number of fused-ring (bicyclic) bond motifs is 1. The third-order valence-electron chi connectivity index (χ3n) is 3.66. The molecule has 8 heteroatoms. The zero-order chi connectivity index (χ0) is 19.9. The van der Waals surface area contributed by atoms with Crippen LogP contribution in [0.25, 0.3) is 10.2 Å². The molecule has 0 aliphatic heterocycles. The SMILES string of the molecule is CCOC(=O)c1ccc(NC(=O)CSc2nc3ccc(OCC)cc3s2)cc1. The van der Waals surface area contributed by atoms with Crippen LogP contribution in [0.5, 0.6) is 5.75 Å². The summed E-state index contributed by atoms with van der Waals surface area (Å²) in [5.74, 6) is 0.555. The predicted octanol–water partition coefficient (Wildman–Crippen LogP) is 4.60. The Bertz CT molecular complexity index is 970. The molecule has 0 unspecified atom stereocenters. The van der Waals surface area contributed by atoms with Gasteiger partial charge in [0, 0.05) is 5.69 Å². The van der Waals surface area contributed by atoms with Crippen LogP contribution in [0, 0.1) is 0 Å². The average Bonchev–Trinajstić information content (AvgIpc) is 3.10. The van der Waals surface area contributed by atoms with Crippen molar-refractivity contribution in [3.8, 4) is 5.75 Å². The van der Waals surface area contributed by atoms with Crippen molar-refractivity contribution in [2.75, 3.05) is 24.3 Å². The van der Waals surface area contributed by atoms with E-state index in [9.17, 15) is 9.59 Å². The Morgan fingerprint density at radius 3 is 2.61 bits per heavy atom. The van der Waals surface area contributed by atoms with Crippen LogP contribution in [-0.4, -0.2) is 35.8 Å². The highest BCUT2D eigenvalue weighted by atomic mass is 32.2. The van der Waals surface area contributed by atoms with Crippen molar-refractivity contribution < 1.29 is 19.1 Å². The van der Waals surface area contributed by atoms with Crippen LogP contribution in [0.4, 0.5) is 5.69 Å². The number of thiazole rings is 1. The fourth-order valence-corrected chi connectivity index (χ4v) is 4.33. The van der Waals surface area contributed by atoms with Gasteiger partial charge in [0.15, 0.2) is 4.34 Å². The number of esters is 1. The second-order valence-electron chi connectivity index (χ2n) is 5.68. The molecule has 0 spiro atoms. The quantitative estimate of drug-likeness (QED) is 0.427. The standard InChI is InChI=1S/C20H20N2O4S2/c1-3-25-15-9-10-16-17(11-15)28-20(22-16)27-12-18(23)21-14-7-5-13(6-8-14)19(24)26-4-2/h5-11H,3-4,12H2,1-2H3,(H,21,23). The van der Waals surface area contributed by atoms with E-state index in [4.69, 9.17) is 9.47 Å². The lowest BCUT2D eigenvalue weighted by atomic mass is 10.2. The number of benzene rings is 2. The molecule has 146 valence electrons. The van der Waals surface area contributed by atoms with Crippen LogP contribution < -0.4 is 10.1 Å². The lowest BCUT2D eigenvalue weighted by molar-refractivity contribution is -0.113. The number of amides is 1. The van der Waals surface area contributed by atoms with E-state index >= 15 is 0 Å². The van der Waals surface area contributed by atoms with Crippen LogP contribution in [0.1, 0.15) is 24.2 Å². The van der Waals surface area contributed by atoms with Crippen LogP contribution in [-0.2, 0) is 9.53 Å². The molecule has 6 nitrogen and oxygen atoms in total. The van der Waals surface area contributed by atoms with E-state index < -0.39 is 0 Å². The lowest BCUT2D eigenvalue weighted by Gasteiger charge is -2.06. The number of ether oxygens (including phenoxy) is 2. The van der Waals surface area contributed by atoms with E-state index in [1.165, 1.54) is 23.1 Å². The number of carbonyl (C=O) groups is 2. The van der Waals surface area contributed by atoms with Crippen LogP contribution >= 0.6 is 23.1 Å². The number of aromatic nitrogens is 1. The van der Waals surface area contributed by atoms with E-state index in [1.807, 2.05) is 25.1 Å². The number of nitrogens with zero attached hydrogens (tertiary/aromatic N) is 1. The minimum absolute atomic E-state index is 0.136. The number of hydrogen-bond donors (Lipinski definition) is 1. The summed E-state index contributed by atoms with van der Waals surface area (Å²) in [5.41, 5.74) is 1.98. The Labute approximate surface area is 171 Å². The molecule has 3 rings (SSSR count). The van der Waals surface area contributed by atoms with E-state index in [0.717, 1.165) is 20.3 Å². The molecule has 2 aromatic carbocycles. The Morgan fingerprint density at radius 1 is 1.11 bits per heavy atom. The number of thioether (sulfide) groups is 1. The van der Waals surface area contributed by atoms with Gasteiger partial charge < -0.3 is 14.8 Å². The summed E-state index contributed by atoms with van der Waals surface area (Å²) >= 11 is 2.92. The van der Waals surface area contributed by atoms with Gasteiger partial charge in [0.05, 0.1) is 34.7 Å². The van der Waals surface area contributed by atoms with E-state index in [-0.39, 0.29) is 17.6 Å². The Morgan fingerprint density at radius 2 is 1.89 bits per heavy atom. The fraction of sp³-hybridized carbons (Fsp3) is 0.250. The Kier molecular flexibility index (Phi) is 6.89. The van der Waals surface area contributed by atoms with Crippen molar-refractivity contribution in [1.29, 1.82) is 0 Å². The minimum atomic E-state index is -0.376. The fourth-order valence-electron chi connectivity index (χ4n) is 2.43. The first-order chi connectivity index (χ1) is 13.6. The third-order valence-corrected chi connectivity index (χ3v) is 5.82. The molecule has 0 aliphatic carbocycles. The van der Waals surface area contributed by atoms with Gasteiger partial charge in [-0.25, -0.2) is 9.78 Å². The number of carbonyl (C=O) groups excluding carboxylic acids is 2. The Balaban J connectivity index is 1.55. The number of anilines is 1. The molecular formula is C20H20N2O4S2. The second-order valence-corrected chi connectivity index (χ2v) is 7.93. The molecule has 0 aliphatic rings. The number of rotatable bonds is 8. The van der Waals surface area contributed by atoms with Gasteiger partial charge in [0.1, 0.15) is 5.75 Å². The average molecular weight is 417 g/mol. The summed E-state index contributed by atoms with van der Waals surface area (Å²) in [6, 6.07) is 12.4. The highest BCUT2D eigenvalue weighted by Gasteiger charge is 2.10. The maximum atomic E-state index is 12.2. The van der Waals surface area contributed by atoms with Gasteiger partial charge in [0.2, 0.25) is 5.91 Å². The minimum Gasteiger partial charge on any atom is -0.494 e. The third kappa shape index (κ3) is 5.24. The highest BCUT2D eigenvalue weighted by Crippen LogP contribution is 2.32. The molecule has 0 bridgehead atoms. The first-order valence-corrected chi connectivity index (χ1v) is 10.6. The molecule has 0 saturated carbocycles. The molecule has 0 saturated heterocycles. The summed E-state index contributed by atoms with van der Waals surface area (Å²) in [6.07, 6.45) is 0. The second kappa shape index (κ2) is 9.57. The predicted molar refractivity (Wildman–Crippen MR) is 113 cm³/mol. The summed E-state index contributed by atoms with van der Waals surface area (Å²) in [4.78, 5) is 28.4. The zero-order valence-electron chi connectivity index (χ0n) is 15.6. The van der Waals surface area contributed by atoms with Gasteiger partial charge in [-0.3, -0.25) is 4.79 Å². The van der Waals surface area contributed by atoms with Crippen LogP contribution in [0.3, 0.4) is 0 Å². The molecule has 0 fully saturated rings. The smallest absolute Gasteiger partial charge is 0.338 e. The van der Waals surface area contributed by atoms with E-state index in [0.29, 0.717) is 24.5 Å². The molecular weight excluding hydrogens is 396 g/mol. The molecule has 3 aromatic rings. The first-order valence-electron chi connectivity index (χ1n) is 8.82. The maximum absolute atomic E-state index is 12.2. The molecule has 0 radical (unpaired) electrons. The van der Waals surface area contributed by atoms with Crippen LogP contribution in [0.2, 0.25) is 0 Å². The van der Waals surface area contributed by atoms with Gasteiger partial charge in [-0.05, 0) is 56.3 Å². The van der Waals surface area contributed by atoms with E-state index in [1.54, 1.807) is 31.2 Å². The number of nitrogens with one attached hydrogen (secondary N) is 1. The topological polar surface area (TPSA) is 77.5 Å². The van der Waals surface area contributed by atoms with Crippen molar-refractivity contribution >= 4 is 50.9 Å². The van der Waals surface area contributed by atoms with Gasteiger partial charge in [-0.2, -0.15) is 0 Å². The van der Waals surface area contributed by atoms with Gasteiger partial charge in [-0.15, -0.1) is 11.3 Å². The summed E-state index contributed by atoms with van der Waals surface area (Å²) in [5, 5.41) is 2.81. The molecule has 1 heterocycles. The molecule has 0 atom stereocenters.